The highest BCUT2D eigenvalue weighted by Crippen LogP contribution is 2.26. The maximum Gasteiger partial charge on any atom is 0.261 e. The first kappa shape index (κ1) is 20.9. The van der Waals surface area contributed by atoms with Crippen molar-refractivity contribution in [1.82, 2.24) is 0 Å². The number of para-hydroxylation sites is 1. The van der Waals surface area contributed by atoms with Crippen molar-refractivity contribution in [3.8, 4) is 0 Å². The van der Waals surface area contributed by atoms with Crippen molar-refractivity contribution in [2.45, 2.75) is 22.0 Å². The second-order valence-electron chi connectivity index (χ2n) is 6.17. The molecule has 5 nitrogen and oxygen atoms in total. The summed E-state index contributed by atoms with van der Waals surface area (Å²) in [7, 11) is -3.66. The van der Waals surface area contributed by atoms with Gasteiger partial charge in [0, 0.05) is 10.6 Å². The number of nitrogens with one attached hydrogen (secondary N) is 2. The molecule has 0 spiro atoms. The maximum absolute atomic E-state index is 13.7. The molecule has 0 bridgehead atoms. The van der Waals surface area contributed by atoms with Crippen molar-refractivity contribution in [2.75, 3.05) is 10.0 Å². The smallest absolute Gasteiger partial charge is 0.261 e. The van der Waals surface area contributed by atoms with Crippen LogP contribution < -0.4 is 10.0 Å². The molecule has 0 heterocycles. The van der Waals surface area contributed by atoms with E-state index in [4.69, 9.17) is 0 Å². The van der Waals surface area contributed by atoms with Crippen molar-refractivity contribution < 1.29 is 17.6 Å². The highest BCUT2D eigenvalue weighted by atomic mass is 32.2. The van der Waals surface area contributed by atoms with Crippen molar-refractivity contribution >= 4 is 39.1 Å². The van der Waals surface area contributed by atoms with Gasteiger partial charge in [0.05, 0.1) is 15.8 Å². The van der Waals surface area contributed by atoms with E-state index in [1.807, 2.05) is 0 Å². The van der Waals surface area contributed by atoms with E-state index in [-0.39, 0.29) is 16.5 Å². The Labute approximate surface area is 173 Å². The van der Waals surface area contributed by atoms with Crippen LogP contribution in [-0.4, -0.2) is 19.6 Å². The molecule has 1 atom stereocenters. The van der Waals surface area contributed by atoms with Crippen LogP contribution in [0.5, 0.6) is 0 Å². The van der Waals surface area contributed by atoms with Gasteiger partial charge in [0.2, 0.25) is 5.91 Å². The van der Waals surface area contributed by atoms with Crippen LogP contribution in [0.4, 0.5) is 15.8 Å². The Morgan fingerprint density at radius 1 is 0.931 bits per heavy atom. The van der Waals surface area contributed by atoms with Crippen LogP contribution in [-0.2, 0) is 14.8 Å². The molecule has 0 aliphatic rings. The number of hydrogen-bond acceptors (Lipinski definition) is 4. The van der Waals surface area contributed by atoms with E-state index in [2.05, 4.69) is 10.0 Å². The molecule has 8 heteroatoms. The van der Waals surface area contributed by atoms with E-state index < -0.39 is 21.1 Å². The zero-order chi connectivity index (χ0) is 20.9. The van der Waals surface area contributed by atoms with Crippen LogP contribution in [0.25, 0.3) is 0 Å². The van der Waals surface area contributed by atoms with Gasteiger partial charge in [0.15, 0.2) is 0 Å². The monoisotopic (exact) mass is 430 g/mol. The van der Waals surface area contributed by atoms with Gasteiger partial charge in [-0.05, 0) is 55.5 Å². The second kappa shape index (κ2) is 9.11. The summed E-state index contributed by atoms with van der Waals surface area (Å²) in [6.45, 7) is 1.72. The summed E-state index contributed by atoms with van der Waals surface area (Å²) in [6.07, 6.45) is 0. The molecule has 0 aromatic heterocycles. The van der Waals surface area contributed by atoms with Crippen molar-refractivity contribution in [3.63, 3.8) is 0 Å². The Hall–Kier alpha value is -2.84. The number of benzene rings is 3. The molecule has 0 radical (unpaired) electrons. The summed E-state index contributed by atoms with van der Waals surface area (Å²) in [5.41, 5.74) is 0.553. The largest absolute Gasteiger partial charge is 0.323 e. The Morgan fingerprint density at radius 3 is 2.21 bits per heavy atom. The third-order valence-electron chi connectivity index (χ3n) is 3.97. The first-order valence-corrected chi connectivity index (χ1v) is 11.1. The molecule has 0 aliphatic carbocycles. The van der Waals surface area contributed by atoms with Gasteiger partial charge in [-0.15, -0.1) is 11.8 Å². The third kappa shape index (κ3) is 5.58. The van der Waals surface area contributed by atoms with E-state index in [0.29, 0.717) is 5.69 Å². The standard InChI is InChI=1S/C21H19FN2O3S2/c1-15(21(25)23-20-10-6-5-9-19(20)22)28-17-13-11-16(12-14-17)24-29(26,27)18-7-3-2-4-8-18/h2-15,24H,1H3,(H,23,25). The minimum Gasteiger partial charge on any atom is -0.323 e. The number of carbonyl (C=O) groups excluding carboxylic acids is 1. The van der Waals surface area contributed by atoms with Crippen LogP contribution in [0.1, 0.15) is 6.92 Å². The zero-order valence-corrected chi connectivity index (χ0v) is 17.1. The lowest BCUT2D eigenvalue weighted by Gasteiger charge is -2.13. The second-order valence-corrected chi connectivity index (χ2v) is 9.27. The molecule has 3 aromatic carbocycles. The number of halogens is 1. The average molecular weight is 431 g/mol. The van der Waals surface area contributed by atoms with Crippen LogP contribution >= 0.6 is 11.8 Å². The number of carbonyl (C=O) groups is 1. The number of sulfonamides is 1. The molecule has 1 unspecified atom stereocenters. The maximum atomic E-state index is 13.7. The Kier molecular flexibility index (Phi) is 6.56. The lowest BCUT2D eigenvalue weighted by molar-refractivity contribution is -0.115. The molecule has 29 heavy (non-hydrogen) atoms. The molecule has 0 saturated heterocycles. The molecule has 3 aromatic rings. The Balaban J connectivity index is 1.61. The van der Waals surface area contributed by atoms with Gasteiger partial charge in [-0.3, -0.25) is 9.52 Å². The van der Waals surface area contributed by atoms with Gasteiger partial charge in [-0.2, -0.15) is 0 Å². The number of rotatable bonds is 7. The molecule has 150 valence electrons. The SMILES string of the molecule is CC(Sc1ccc(NS(=O)(=O)c2ccccc2)cc1)C(=O)Nc1ccccc1F. The van der Waals surface area contributed by atoms with Crippen molar-refractivity contribution in [2.24, 2.45) is 0 Å². The van der Waals surface area contributed by atoms with Crippen LogP contribution in [0.3, 0.4) is 0 Å². The predicted octanol–water partition coefficient (Wildman–Crippen LogP) is 4.75. The normalized spacial score (nSPS) is 12.2. The first-order chi connectivity index (χ1) is 13.8. The minimum atomic E-state index is -3.66. The zero-order valence-electron chi connectivity index (χ0n) is 15.5. The number of anilines is 2. The van der Waals surface area contributed by atoms with E-state index in [9.17, 15) is 17.6 Å². The van der Waals surface area contributed by atoms with Crippen molar-refractivity contribution in [3.05, 3.63) is 84.7 Å². The fourth-order valence-electron chi connectivity index (χ4n) is 2.47. The topological polar surface area (TPSA) is 75.3 Å². The molecule has 1 amide bonds. The molecular weight excluding hydrogens is 411 g/mol. The number of thioether (sulfide) groups is 1. The molecule has 0 saturated carbocycles. The third-order valence-corrected chi connectivity index (χ3v) is 6.48. The summed E-state index contributed by atoms with van der Waals surface area (Å²) in [4.78, 5) is 13.2. The summed E-state index contributed by atoms with van der Waals surface area (Å²) in [5, 5.41) is 2.09. The molecule has 0 fully saturated rings. The van der Waals surface area contributed by atoms with Gasteiger partial charge in [-0.1, -0.05) is 30.3 Å². The van der Waals surface area contributed by atoms with E-state index in [1.54, 1.807) is 61.5 Å². The quantitative estimate of drug-likeness (QED) is 0.531. The minimum absolute atomic E-state index is 0.135. The fraction of sp³-hybridized carbons (Fsp3) is 0.0952. The molecule has 0 aliphatic heterocycles. The van der Waals surface area contributed by atoms with Crippen LogP contribution in [0, 0.1) is 5.82 Å². The summed E-state index contributed by atoms with van der Waals surface area (Å²) >= 11 is 1.29. The van der Waals surface area contributed by atoms with Crippen molar-refractivity contribution in [1.29, 1.82) is 0 Å². The summed E-state index contributed by atoms with van der Waals surface area (Å²) in [5.74, 6) is -0.818. The Morgan fingerprint density at radius 2 is 1.55 bits per heavy atom. The Bertz CT molecular complexity index is 1090. The average Bonchev–Trinajstić information content (AvgIpc) is 2.71. The lowest BCUT2D eigenvalue weighted by Crippen LogP contribution is -2.22. The van der Waals surface area contributed by atoms with E-state index >= 15 is 0 Å². The van der Waals surface area contributed by atoms with Crippen LogP contribution in [0.2, 0.25) is 0 Å². The number of hydrogen-bond donors (Lipinski definition) is 2. The van der Waals surface area contributed by atoms with E-state index in [1.165, 1.54) is 36.0 Å². The fourth-order valence-corrected chi connectivity index (χ4v) is 4.42. The summed E-state index contributed by atoms with van der Waals surface area (Å²) in [6, 6.07) is 20.8. The van der Waals surface area contributed by atoms with E-state index in [0.717, 1.165) is 4.90 Å². The van der Waals surface area contributed by atoms with Crippen LogP contribution in [0.15, 0.2) is 88.7 Å². The highest BCUT2D eigenvalue weighted by Gasteiger charge is 2.17. The van der Waals surface area contributed by atoms with Gasteiger partial charge in [-0.25, -0.2) is 12.8 Å². The molecular formula is C21H19FN2O3S2. The number of amides is 1. The van der Waals surface area contributed by atoms with Gasteiger partial charge in [0.1, 0.15) is 5.82 Å². The van der Waals surface area contributed by atoms with Gasteiger partial charge in [0.25, 0.3) is 10.0 Å². The summed E-state index contributed by atoms with van der Waals surface area (Å²) < 4.78 is 40.9. The first-order valence-electron chi connectivity index (χ1n) is 8.75. The van der Waals surface area contributed by atoms with Gasteiger partial charge >= 0.3 is 0 Å². The molecule has 2 N–H and O–H groups in total. The molecule has 3 rings (SSSR count). The lowest BCUT2D eigenvalue weighted by atomic mass is 10.3. The van der Waals surface area contributed by atoms with Gasteiger partial charge < -0.3 is 5.32 Å². The highest BCUT2D eigenvalue weighted by molar-refractivity contribution is 8.00. The predicted molar refractivity (Wildman–Crippen MR) is 114 cm³/mol.